The SMILES string of the molecule is BrCCCCOc1ccc(/C=C/c2ccccc2)cc1. The molecule has 0 fully saturated rings. The molecule has 1 nitrogen and oxygen atoms in total. The lowest BCUT2D eigenvalue weighted by molar-refractivity contribution is 0.310. The Morgan fingerprint density at radius 1 is 0.800 bits per heavy atom. The lowest BCUT2D eigenvalue weighted by Gasteiger charge is -2.05. The molecule has 0 atom stereocenters. The highest BCUT2D eigenvalue weighted by atomic mass is 79.9. The first-order valence-electron chi connectivity index (χ1n) is 6.90. The molecule has 0 spiro atoms. The van der Waals surface area contributed by atoms with E-state index in [9.17, 15) is 0 Å². The van der Waals surface area contributed by atoms with E-state index >= 15 is 0 Å². The van der Waals surface area contributed by atoms with Crippen LogP contribution in [0.5, 0.6) is 5.75 Å². The van der Waals surface area contributed by atoms with Gasteiger partial charge in [-0.2, -0.15) is 0 Å². The highest BCUT2D eigenvalue weighted by molar-refractivity contribution is 9.09. The lowest BCUT2D eigenvalue weighted by atomic mass is 10.1. The molecule has 0 N–H and O–H groups in total. The van der Waals surface area contributed by atoms with Crippen molar-refractivity contribution in [1.82, 2.24) is 0 Å². The van der Waals surface area contributed by atoms with Crippen LogP contribution in [0.1, 0.15) is 24.0 Å². The van der Waals surface area contributed by atoms with Gasteiger partial charge < -0.3 is 4.74 Å². The summed E-state index contributed by atoms with van der Waals surface area (Å²) in [5.74, 6) is 0.941. The van der Waals surface area contributed by atoms with Crippen molar-refractivity contribution >= 4 is 28.1 Å². The van der Waals surface area contributed by atoms with E-state index in [1.807, 2.05) is 30.3 Å². The van der Waals surface area contributed by atoms with Crippen LogP contribution in [0.2, 0.25) is 0 Å². The van der Waals surface area contributed by atoms with Gasteiger partial charge in [-0.15, -0.1) is 0 Å². The Morgan fingerprint density at radius 2 is 1.45 bits per heavy atom. The zero-order valence-electron chi connectivity index (χ0n) is 11.5. The smallest absolute Gasteiger partial charge is 0.119 e. The molecule has 20 heavy (non-hydrogen) atoms. The topological polar surface area (TPSA) is 9.23 Å². The summed E-state index contributed by atoms with van der Waals surface area (Å²) < 4.78 is 5.68. The number of hydrogen-bond donors (Lipinski definition) is 0. The third-order valence-corrected chi connectivity index (χ3v) is 3.51. The van der Waals surface area contributed by atoms with Crippen LogP contribution in [0.3, 0.4) is 0 Å². The number of rotatable bonds is 7. The molecule has 2 aromatic rings. The third-order valence-electron chi connectivity index (χ3n) is 2.94. The Hall–Kier alpha value is -1.54. The molecule has 0 bridgehead atoms. The fraction of sp³-hybridized carbons (Fsp3) is 0.222. The van der Waals surface area contributed by atoms with Crippen molar-refractivity contribution < 1.29 is 4.74 Å². The second-order valence-corrected chi connectivity index (χ2v) is 5.35. The third kappa shape index (κ3) is 5.22. The van der Waals surface area contributed by atoms with E-state index in [1.54, 1.807) is 0 Å². The van der Waals surface area contributed by atoms with Gasteiger partial charge in [0.2, 0.25) is 0 Å². The first-order chi connectivity index (χ1) is 9.88. The van der Waals surface area contributed by atoms with Crippen LogP contribution in [0.15, 0.2) is 54.6 Å². The van der Waals surface area contributed by atoms with Crippen molar-refractivity contribution in [3.63, 3.8) is 0 Å². The minimum atomic E-state index is 0.783. The summed E-state index contributed by atoms with van der Waals surface area (Å²) in [7, 11) is 0. The van der Waals surface area contributed by atoms with E-state index in [0.29, 0.717) is 0 Å². The number of benzene rings is 2. The van der Waals surface area contributed by atoms with Crippen molar-refractivity contribution in [2.24, 2.45) is 0 Å². The van der Waals surface area contributed by atoms with E-state index in [0.717, 1.165) is 30.5 Å². The summed E-state index contributed by atoms with van der Waals surface area (Å²) in [5, 5.41) is 1.04. The van der Waals surface area contributed by atoms with E-state index in [2.05, 4.69) is 52.3 Å². The first kappa shape index (κ1) is 14.9. The zero-order chi connectivity index (χ0) is 14.0. The first-order valence-corrected chi connectivity index (χ1v) is 8.02. The highest BCUT2D eigenvalue weighted by Gasteiger charge is 1.94. The Balaban J connectivity index is 1.87. The fourth-order valence-electron chi connectivity index (χ4n) is 1.82. The van der Waals surface area contributed by atoms with Gasteiger partial charge in [0.15, 0.2) is 0 Å². The summed E-state index contributed by atoms with van der Waals surface area (Å²) in [6.45, 7) is 0.783. The van der Waals surface area contributed by atoms with Gasteiger partial charge in [0, 0.05) is 5.33 Å². The van der Waals surface area contributed by atoms with Gasteiger partial charge in [-0.1, -0.05) is 70.5 Å². The Labute approximate surface area is 129 Å². The molecule has 0 saturated carbocycles. The van der Waals surface area contributed by atoms with E-state index in [1.165, 1.54) is 11.1 Å². The number of halogens is 1. The van der Waals surface area contributed by atoms with Gasteiger partial charge in [0.1, 0.15) is 5.75 Å². The summed E-state index contributed by atoms with van der Waals surface area (Å²) in [5.41, 5.74) is 2.39. The molecule has 104 valence electrons. The van der Waals surface area contributed by atoms with Crippen LogP contribution < -0.4 is 4.74 Å². The van der Waals surface area contributed by atoms with Crippen molar-refractivity contribution in [2.45, 2.75) is 12.8 Å². The molecular weight excluding hydrogens is 312 g/mol. The molecule has 2 heteroatoms. The molecule has 0 aliphatic carbocycles. The lowest BCUT2D eigenvalue weighted by Crippen LogP contribution is -1.97. The largest absolute Gasteiger partial charge is 0.494 e. The maximum Gasteiger partial charge on any atom is 0.119 e. The maximum atomic E-state index is 5.68. The van der Waals surface area contributed by atoms with Gasteiger partial charge in [0.05, 0.1) is 6.61 Å². The normalized spacial score (nSPS) is 10.8. The molecule has 0 aliphatic heterocycles. The standard InChI is InChI=1S/C18H19BrO/c19-14-4-5-15-20-18-12-10-17(11-13-18)9-8-16-6-2-1-3-7-16/h1-3,6-13H,4-5,14-15H2/b9-8+. The van der Waals surface area contributed by atoms with Crippen LogP contribution in [0.25, 0.3) is 12.2 Å². The summed E-state index contributed by atoms with van der Waals surface area (Å²) >= 11 is 3.42. The van der Waals surface area contributed by atoms with E-state index in [-0.39, 0.29) is 0 Å². The van der Waals surface area contributed by atoms with Crippen LogP contribution in [0, 0.1) is 0 Å². The summed E-state index contributed by atoms with van der Waals surface area (Å²) in [6.07, 6.45) is 6.47. The minimum Gasteiger partial charge on any atom is -0.494 e. The Kier molecular flexibility index (Phi) is 6.39. The predicted octanol–water partition coefficient (Wildman–Crippen LogP) is 5.41. The number of unbranched alkanes of at least 4 members (excludes halogenated alkanes) is 1. The molecule has 2 aromatic carbocycles. The van der Waals surface area contributed by atoms with Gasteiger partial charge >= 0.3 is 0 Å². The summed E-state index contributed by atoms with van der Waals surface area (Å²) in [6, 6.07) is 18.5. The molecular formula is C18H19BrO. The van der Waals surface area contributed by atoms with Gasteiger partial charge in [0.25, 0.3) is 0 Å². The quantitative estimate of drug-likeness (QED) is 0.374. The number of alkyl halides is 1. The molecule has 0 saturated heterocycles. The molecule has 0 radical (unpaired) electrons. The molecule has 0 aromatic heterocycles. The van der Waals surface area contributed by atoms with Crippen molar-refractivity contribution in [1.29, 1.82) is 0 Å². The molecule has 0 aliphatic rings. The summed E-state index contributed by atoms with van der Waals surface area (Å²) in [4.78, 5) is 0. The monoisotopic (exact) mass is 330 g/mol. The van der Waals surface area contributed by atoms with Crippen molar-refractivity contribution in [2.75, 3.05) is 11.9 Å². The van der Waals surface area contributed by atoms with Crippen molar-refractivity contribution in [3.05, 3.63) is 65.7 Å². The molecule has 0 amide bonds. The van der Waals surface area contributed by atoms with Crippen LogP contribution in [0.4, 0.5) is 0 Å². The van der Waals surface area contributed by atoms with Crippen LogP contribution in [-0.4, -0.2) is 11.9 Å². The maximum absolute atomic E-state index is 5.68. The fourth-order valence-corrected chi connectivity index (χ4v) is 2.21. The second kappa shape index (κ2) is 8.60. The zero-order valence-corrected chi connectivity index (χ0v) is 13.1. The number of ether oxygens (including phenoxy) is 1. The Morgan fingerprint density at radius 3 is 2.10 bits per heavy atom. The molecule has 0 unspecified atom stereocenters. The van der Waals surface area contributed by atoms with E-state index < -0.39 is 0 Å². The van der Waals surface area contributed by atoms with Gasteiger partial charge in [-0.05, 0) is 36.1 Å². The predicted molar refractivity (Wildman–Crippen MR) is 90.3 cm³/mol. The van der Waals surface area contributed by atoms with E-state index in [4.69, 9.17) is 4.74 Å². The second-order valence-electron chi connectivity index (χ2n) is 4.56. The van der Waals surface area contributed by atoms with Crippen LogP contribution >= 0.6 is 15.9 Å². The molecule has 2 rings (SSSR count). The minimum absolute atomic E-state index is 0.783. The van der Waals surface area contributed by atoms with Gasteiger partial charge in [-0.3, -0.25) is 0 Å². The highest BCUT2D eigenvalue weighted by Crippen LogP contribution is 2.15. The number of hydrogen-bond acceptors (Lipinski definition) is 1. The van der Waals surface area contributed by atoms with Crippen LogP contribution in [-0.2, 0) is 0 Å². The molecule has 0 heterocycles. The average molecular weight is 331 g/mol. The average Bonchev–Trinajstić information content (AvgIpc) is 2.52. The Bertz CT molecular complexity index is 517. The van der Waals surface area contributed by atoms with Crippen molar-refractivity contribution in [3.8, 4) is 5.75 Å². The van der Waals surface area contributed by atoms with Gasteiger partial charge in [-0.25, -0.2) is 0 Å².